The molecule has 2 atom stereocenters. The van der Waals surface area contributed by atoms with Crippen molar-refractivity contribution in [3.05, 3.63) is 48.0 Å². The van der Waals surface area contributed by atoms with E-state index in [1.807, 2.05) is 0 Å². The molecule has 0 aromatic heterocycles. The van der Waals surface area contributed by atoms with Crippen LogP contribution in [-0.2, 0) is 20.8 Å². The second-order valence-corrected chi connectivity index (χ2v) is 7.59. The van der Waals surface area contributed by atoms with Gasteiger partial charge in [0.25, 0.3) is 0 Å². The molecule has 2 saturated heterocycles. The molecule has 1 amide bonds. The van der Waals surface area contributed by atoms with E-state index in [4.69, 9.17) is 9.47 Å². The number of amides is 1. The Hall–Kier alpha value is -1.95. The number of methoxy groups -OCH3 is 1. The van der Waals surface area contributed by atoms with Gasteiger partial charge in [0.1, 0.15) is 6.61 Å². The second-order valence-electron chi connectivity index (χ2n) is 7.59. The fourth-order valence-corrected chi connectivity index (χ4v) is 4.44. The number of hydrogen-bond donors (Lipinski definition) is 1. The van der Waals surface area contributed by atoms with Crippen LogP contribution in [0.5, 0.6) is 0 Å². The molecule has 5 nitrogen and oxygen atoms in total. The van der Waals surface area contributed by atoms with E-state index in [0.717, 1.165) is 32.8 Å². The molecule has 0 unspecified atom stereocenters. The van der Waals surface area contributed by atoms with E-state index in [0.29, 0.717) is 12.5 Å². The summed E-state index contributed by atoms with van der Waals surface area (Å²) in [4.78, 5) is 14.3. The molecule has 1 N–H and O–H groups in total. The van der Waals surface area contributed by atoms with Gasteiger partial charge in [-0.1, -0.05) is 42.5 Å². The SMILES string of the molecule is COCC(=O)NC[C@@]12COC[C@@H]1CN(Cc1cccc3ccccc13)C2. The number of carbonyl (C=O) groups is 1. The van der Waals surface area contributed by atoms with Crippen LogP contribution in [0.2, 0.25) is 0 Å². The van der Waals surface area contributed by atoms with Crippen LogP contribution in [0.1, 0.15) is 5.56 Å². The highest BCUT2D eigenvalue weighted by Crippen LogP contribution is 2.41. The van der Waals surface area contributed by atoms with Gasteiger partial charge in [-0.15, -0.1) is 0 Å². The maximum atomic E-state index is 11.8. The lowest BCUT2D eigenvalue weighted by molar-refractivity contribution is -0.125. The van der Waals surface area contributed by atoms with Crippen molar-refractivity contribution >= 4 is 16.7 Å². The number of rotatable bonds is 6. The summed E-state index contributed by atoms with van der Waals surface area (Å²) in [6, 6.07) is 15.1. The summed E-state index contributed by atoms with van der Waals surface area (Å²) in [6.45, 7) is 5.18. The Bertz CT molecular complexity index is 788. The number of hydrogen-bond acceptors (Lipinski definition) is 4. The quantitative estimate of drug-likeness (QED) is 0.863. The lowest BCUT2D eigenvalue weighted by Gasteiger charge is -2.27. The molecule has 0 spiro atoms. The molecule has 2 aliphatic heterocycles. The van der Waals surface area contributed by atoms with Gasteiger partial charge in [-0.25, -0.2) is 0 Å². The largest absolute Gasteiger partial charge is 0.380 e. The van der Waals surface area contributed by atoms with E-state index >= 15 is 0 Å². The molecule has 2 heterocycles. The summed E-state index contributed by atoms with van der Waals surface area (Å²) < 4.78 is 10.7. The Kier molecular flexibility index (Phi) is 4.94. The fraction of sp³-hybridized carbons (Fsp3) is 0.476. The number of ether oxygens (including phenoxy) is 2. The van der Waals surface area contributed by atoms with Gasteiger partial charge in [0.15, 0.2) is 0 Å². The summed E-state index contributed by atoms with van der Waals surface area (Å²) in [6.07, 6.45) is 0. The lowest BCUT2D eigenvalue weighted by atomic mass is 9.81. The van der Waals surface area contributed by atoms with Crippen LogP contribution in [0.4, 0.5) is 0 Å². The summed E-state index contributed by atoms with van der Waals surface area (Å²) >= 11 is 0. The minimum atomic E-state index is -0.0555. The zero-order valence-corrected chi connectivity index (χ0v) is 15.2. The standard InChI is InChI=1S/C21H26N2O3/c1-25-12-20(24)22-13-21-14-23(10-18(21)11-26-15-21)9-17-7-4-6-16-5-2-3-8-19(16)17/h2-8,18H,9-15H2,1H3,(H,22,24)/t18-,21+/m0/s1. The van der Waals surface area contributed by atoms with Gasteiger partial charge in [-0.05, 0) is 16.3 Å². The number of benzene rings is 2. The van der Waals surface area contributed by atoms with Crippen molar-refractivity contribution in [2.75, 3.05) is 46.6 Å². The van der Waals surface area contributed by atoms with Crippen LogP contribution in [0.15, 0.2) is 42.5 Å². The van der Waals surface area contributed by atoms with E-state index in [-0.39, 0.29) is 17.9 Å². The lowest BCUT2D eigenvalue weighted by Crippen LogP contribution is -2.44. The topological polar surface area (TPSA) is 50.8 Å². The average molecular weight is 354 g/mol. The number of likely N-dealkylation sites (tertiary alicyclic amines) is 1. The van der Waals surface area contributed by atoms with Gasteiger partial charge < -0.3 is 14.8 Å². The summed E-state index contributed by atoms with van der Waals surface area (Å²) in [5, 5.41) is 5.64. The van der Waals surface area contributed by atoms with Crippen LogP contribution >= 0.6 is 0 Å². The van der Waals surface area contributed by atoms with Crippen LogP contribution in [0.3, 0.4) is 0 Å². The third-order valence-corrected chi connectivity index (χ3v) is 5.78. The van der Waals surface area contributed by atoms with Crippen LogP contribution in [0.25, 0.3) is 10.8 Å². The smallest absolute Gasteiger partial charge is 0.246 e. The molecule has 0 aliphatic carbocycles. The van der Waals surface area contributed by atoms with Crippen molar-refractivity contribution in [2.24, 2.45) is 11.3 Å². The minimum Gasteiger partial charge on any atom is -0.380 e. The molecule has 0 radical (unpaired) electrons. The van der Waals surface area contributed by atoms with E-state index in [9.17, 15) is 4.79 Å². The zero-order valence-electron chi connectivity index (χ0n) is 15.2. The van der Waals surface area contributed by atoms with Crippen LogP contribution in [0, 0.1) is 11.3 Å². The van der Waals surface area contributed by atoms with Crippen LogP contribution < -0.4 is 5.32 Å². The van der Waals surface area contributed by atoms with Gasteiger partial charge in [-0.2, -0.15) is 0 Å². The molecule has 138 valence electrons. The first-order chi connectivity index (χ1) is 12.7. The minimum absolute atomic E-state index is 0.0218. The van der Waals surface area contributed by atoms with Crippen molar-refractivity contribution in [1.29, 1.82) is 0 Å². The molecule has 2 aliphatic rings. The molecule has 5 heteroatoms. The first kappa shape index (κ1) is 17.5. The number of nitrogens with one attached hydrogen (secondary N) is 1. The van der Waals surface area contributed by atoms with Crippen molar-refractivity contribution in [1.82, 2.24) is 10.2 Å². The second kappa shape index (κ2) is 7.35. The molecule has 4 rings (SSSR count). The first-order valence-electron chi connectivity index (χ1n) is 9.22. The Morgan fingerprint density at radius 2 is 2.15 bits per heavy atom. The molecule has 0 bridgehead atoms. The third kappa shape index (κ3) is 3.34. The van der Waals surface area contributed by atoms with Gasteiger partial charge >= 0.3 is 0 Å². The maximum absolute atomic E-state index is 11.8. The highest BCUT2D eigenvalue weighted by molar-refractivity contribution is 5.85. The molecule has 2 aromatic rings. The molecule has 2 fully saturated rings. The monoisotopic (exact) mass is 354 g/mol. The van der Waals surface area contributed by atoms with E-state index in [1.165, 1.54) is 16.3 Å². The van der Waals surface area contributed by atoms with Gasteiger partial charge in [-0.3, -0.25) is 9.69 Å². The summed E-state index contributed by atoms with van der Waals surface area (Å²) in [5.41, 5.74) is 1.39. The first-order valence-corrected chi connectivity index (χ1v) is 9.22. The van der Waals surface area contributed by atoms with Gasteiger partial charge in [0.05, 0.1) is 13.2 Å². The Morgan fingerprint density at radius 3 is 3.04 bits per heavy atom. The molecule has 0 saturated carbocycles. The van der Waals surface area contributed by atoms with Gasteiger partial charge in [0, 0.05) is 44.6 Å². The molecule has 26 heavy (non-hydrogen) atoms. The number of carbonyl (C=O) groups excluding carboxylic acids is 1. The Labute approximate surface area is 154 Å². The van der Waals surface area contributed by atoms with Crippen LogP contribution in [-0.4, -0.2) is 57.4 Å². The maximum Gasteiger partial charge on any atom is 0.246 e. The fourth-order valence-electron chi connectivity index (χ4n) is 4.44. The van der Waals surface area contributed by atoms with Crippen molar-refractivity contribution < 1.29 is 14.3 Å². The highest BCUT2D eigenvalue weighted by Gasteiger charge is 2.50. The Morgan fingerprint density at radius 1 is 1.31 bits per heavy atom. The third-order valence-electron chi connectivity index (χ3n) is 5.78. The van der Waals surface area contributed by atoms with Crippen molar-refractivity contribution in [3.8, 4) is 0 Å². The Balaban J connectivity index is 1.47. The average Bonchev–Trinajstić information content (AvgIpc) is 3.17. The van der Waals surface area contributed by atoms with E-state index in [1.54, 1.807) is 7.11 Å². The van der Waals surface area contributed by atoms with E-state index in [2.05, 4.69) is 52.7 Å². The van der Waals surface area contributed by atoms with Crippen molar-refractivity contribution in [2.45, 2.75) is 6.54 Å². The predicted molar refractivity (Wildman–Crippen MR) is 101 cm³/mol. The number of fused-ring (bicyclic) bond motifs is 2. The molecule has 2 aromatic carbocycles. The van der Waals surface area contributed by atoms with E-state index < -0.39 is 0 Å². The highest BCUT2D eigenvalue weighted by atomic mass is 16.5. The zero-order chi connectivity index (χ0) is 18.0. The van der Waals surface area contributed by atoms with Crippen molar-refractivity contribution in [3.63, 3.8) is 0 Å². The predicted octanol–water partition coefficient (Wildman–Crippen LogP) is 2.05. The normalized spacial score (nSPS) is 25.5. The summed E-state index contributed by atoms with van der Waals surface area (Å²) in [5.74, 6) is 0.417. The molecular weight excluding hydrogens is 328 g/mol. The number of nitrogens with zero attached hydrogens (tertiary/aromatic N) is 1. The molecular formula is C21H26N2O3. The summed E-state index contributed by atoms with van der Waals surface area (Å²) in [7, 11) is 1.54. The van der Waals surface area contributed by atoms with Gasteiger partial charge in [0.2, 0.25) is 5.91 Å².